The molecule has 0 N–H and O–H groups in total. The number of likely N-dealkylation sites (tertiary alicyclic amines) is 1. The van der Waals surface area contributed by atoms with Crippen LogP contribution in [0.4, 0.5) is 4.79 Å². The molecule has 2 aliphatic heterocycles. The van der Waals surface area contributed by atoms with Gasteiger partial charge in [0.25, 0.3) is 0 Å². The van der Waals surface area contributed by atoms with Crippen molar-refractivity contribution < 1.29 is 9.53 Å². The van der Waals surface area contributed by atoms with E-state index in [1.165, 1.54) is 12.8 Å². The molecule has 4 aliphatic rings. The Bertz CT molecular complexity index is 726. The normalized spacial score (nSPS) is 32.5. The van der Waals surface area contributed by atoms with Crippen molar-refractivity contribution in [3.05, 3.63) is 22.4 Å². The number of aliphatic imine (C=N–C) groups is 1. The van der Waals surface area contributed by atoms with E-state index >= 15 is 0 Å². The van der Waals surface area contributed by atoms with Gasteiger partial charge in [0.1, 0.15) is 0 Å². The van der Waals surface area contributed by atoms with E-state index in [1.807, 2.05) is 17.9 Å². The molecule has 5 nitrogen and oxygen atoms in total. The van der Waals surface area contributed by atoms with Crippen molar-refractivity contribution >= 4 is 23.3 Å². The van der Waals surface area contributed by atoms with Gasteiger partial charge in [0.2, 0.25) is 0 Å². The third-order valence-electron chi connectivity index (χ3n) is 7.10. The number of hydrogen-bond donors (Lipinski definition) is 0. The van der Waals surface area contributed by atoms with Gasteiger partial charge >= 0.3 is 6.03 Å². The Balaban J connectivity index is 1.38. The summed E-state index contributed by atoms with van der Waals surface area (Å²) < 4.78 is 5.83. The molecule has 1 saturated carbocycles. The number of fused-ring (bicyclic) bond motifs is 1. The highest BCUT2D eigenvalue weighted by Crippen LogP contribution is 2.39. The molecule has 0 aromatic heterocycles. The van der Waals surface area contributed by atoms with Crippen molar-refractivity contribution in [1.82, 2.24) is 9.80 Å². The molecule has 0 spiro atoms. The van der Waals surface area contributed by atoms with Crippen LogP contribution in [0.2, 0.25) is 0 Å². The Labute approximate surface area is 173 Å². The first-order chi connectivity index (χ1) is 13.4. The van der Waals surface area contributed by atoms with Crippen LogP contribution < -0.4 is 0 Å². The predicted octanol–water partition coefficient (Wildman–Crippen LogP) is 4.87. The number of allylic oxidation sites excluding steroid dienone is 4. The number of urea groups is 1. The standard InChI is InChI=1S/C22H32ClN3O2/c1-4-28-17-5-9-22(3,10-6-17)25-11-7-16(8-12-25)26-20-13-15(2)18(23)14-19(20)24-21(26)27/h13,16-17H,4-12,14H2,1-3H3/t17-,22-. The van der Waals surface area contributed by atoms with Crippen LogP contribution in [0.15, 0.2) is 27.4 Å². The number of rotatable bonds is 4. The molecule has 0 aromatic rings. The topological polar surface area (TPSA) is 45.1 Å². The third-order valence-corrected chi connectivity index (χ3v) is 7.53. The van der Waals surface area contributed by atoms with E-state index in [1.54, 1.807) is 0 Å². The van der Waals surface area contributed by atoms with Crippen LogP contribution in [0.25, 0.3) is 0 Å². The summed E-state index contributed by atoms with van der Waals surface area (Å²) in [5, 5.41) is 0.794. The van der Waals surface area contributed by atoms with Gasteiger partial charge in [-0.3, -0.25) is 9.80 Å². The fraction of sp³-hybridized carbons (Fsp3) is 0.727. The van der Waals surface area contributed by atoms with E-state index in [4.69, 9.17) is 16.3 Å². The van der Waals surface area contributed by atoms with Crippen molar-refractivity contribution in [1.29, 1.82) is 0 Å². The minimum atomic E-state index is -0.109. The molecule has 28 heavy (non-hydrogen) atoms. The molecule has 0 aromatic carbocycles. The molecule has 6 heteroatoms. The fourth-order valence-electron chi connectivity index (χ4n) is 5.27. The molecule has 2 amide bonds. The Morgan fingerprint density at radius 3 is 2.57 bits per heavy atom. The van der Waals surface area contributed by atoms with Gasteiger partial charge in [-0.1, -0.05) is 11.6 Å². The number of carbonyl (C=O) groups excluding carboxylic acids is 1. The van der Waals surface area contributed by atoms with Crippen LogP contribution >= 0.6 is 11.6 Å². The minimum absolute atomic E-state index is 0.109. The Hall–Kier alpha value is -1.17. The van der Waals surface area contributed by atoms with Gasteiger partial charge in [0, 0.05) is 42.7 Å². The van der Waals surface area contributed by atoms with E-state index in [-0.39, 0.29) is 17.6 Å². The first-order valence-electron chi connectivity index (χ1n) is 10.8. The second kappa shape index (κ2) is 7.92. The first kappa shape index (κ1) is 20.1. The minimum Gasteiger partial charge on any atom is -0.379 e. The largest absolute Gasteiger partial charge is 0.379 e. The predicted molar refractivity (Wildman–Crippen MR) is 113 cm³/mol. The second-order valence-corrected chi connectivity index (χ2v) is 9.33. The van der Waals surface area contributed by atoms with Crippen molar-refractivity contribution in [2.24, 2.45) is 4.99 Å². The maximum Gasteiger partial charge on any atom is 0.348 e. The molecule has 154 valence electrons. The van der Waals surface area contributed by atoms with Gasteiger partial charge in [0.15, 0.2) is 0 Å². The molecule has 4 rings (SSSR count). The average Bonchev–Trinajstić information content (AvgIpc) is 2.99. The van der Waals surface area contributed by atoms with Gasteiger partial charge in [-0.2, -0.15) is 4.99 Å². The highest BCUT2D eigenvalue weighted by Gasteiger charge is 2.42. The highest BCUT2D eigenvalue weighted by molar-refractivity contribution is 6.33. The summed E-state index contributed by atoms with van der Waals surface area (Å²) in [5.74, 6) is 0. The van der Waals surface area contributed by atoms with E-state index in [9.17, 15) is 4.79 Å². The Morgan fingerprint density at radius 1 is 1.25 bits per heavy atom. The van der Waals surface area contributed by atoms with Crippen LogP contribution in [0, 0.1) is 0 Å². The molecule has 0 atom stereocenters. The highest BCUT2D eigenvalue weighted by atomic mass is 35.5. The van der Waals surface area contributed by atoms with Gasteiger partial charge in [-0.05, 0) is 70.9 Å². The SMILES string of the molecule is CCO[C@H]1CC[C@](C)(N2CCC(N3C(=O)N=C4CC(Cl)=C(C)C=C43)CC2)CC1. The molecule has 2 fully saturated rings. The van der Waals surface area contributed by atoms with Crippen LogP contribution in [-0.2, 0) is 4.74 Å². The number of ether oxygens (including phenoxy) is 1. The molecule has 0 unspecified atom stereocenters. The molecule has 2 heterocycles. The molecule has 1 saturated heterocycles. The number of hydrogen-bond acceptors (Lipinski definition) is 3. The van der Waals surface area contributed by atoms with E-state index in [0.717, 1.165) is 67.4 Å². The number of amides is 2. The van der Waals surface area contributed by atoms with Crippen molar-refractivity contribution in [2.75, 3.05) is 19.7 Å². The first-order valence-corrected chi connectivity index (χ1v) is 11.1. The lowest BCUT2D eigenvalue weighted by Crippen LogP contribution is -2.55. The summed E-state index contributed by atoms with van der Waals surface area (Å²) >= 11 is 6.27. The summed E-state index contributed by atoms with van der Waals surface area (Å²) in [6.07, 6.45) is 9.79. The number of nitrogens with zero attached hydrogens (tertiary/aromatic N) is 3. The lowest BCUT2D eigenvalue weighted by Gasteiger charge is -2.49. The molecule has 0 radical (unpaired) electrons. The number of piperidine rings is 1. The quantitative estimate of drug-likeness (QED) is 0.670. The van der Waals surface area contributed by atoms with E-state index in [2.05, 4.69) is 23.7 Å². The lowest BCUT2D eigenvalue weighted by atomic mass is 9.79. The molecule has 0 bridgehead atoms. The monoisotopic (exact) mass is 405 g/mol. The molecular weight excluding hydrogens is 374 g/mol. The maximum atomic E-state index is 12.6. The Kier molecular flexibility index (Phi) is 5.69. The number of halogens is 1. The molecular formula is C22H32ClN3O2. The average molecular weight is 406 g/mol. The third kappa shape index (κ3) is 3.69. The number of carbonyl (C=O) groups is 1. The van der Waals surface area contributed by atoms with E-state index < -0.39 is 0 Å². The van der Waals surface area contributed by atoms with Crippen molar-refractivity contribution in [3.8, 4) is 0 Å². The summed E-state index contributed by atoms with van der Waals surface area (Å²) in [4.78, 5) is 21.5. The zero-order valence-electron chi connectivity index (χ0n) is 17.3. The summed E-state index contributed by atoms with van der Waals surface area (Å²) in [7, 11) is 0. The summed E-state index contributed by atoms with van der Waals surface area (Å²) in [6.45, 7) is 9.41. The van der Waals surface area contributed by atoms with Crippen molar-refractivity contribution in [3.63, 3.8) is 0 Å². The van der Waals surface area contributed by atoms with Crippen LogP contribution in [0.1, 0.15) is 65.7 Å². The maximum absolute atomic E-state index is 12.6. The summed E-state index contributed by atoms with van der Waals surface area (Å²) in [5.41, 5.74) is 3.14. The molecule has 2 aliphatic carbocycles. The second-order valence-electron chi connectivity index (χ2n) is 8.88. The lowest BCUT2D eigenvalue weighted by molar-refractivity contribution is -0.0284. The Morgan fingerprint density at radius 2 is 1.93 bits per heavy atom. The van der Waals surface area contributed by atoms with E-state index in [0.29, 0.717) is 12.5 Å². The van der Waals surface area contributed by atoms with Crippen LogP contribution in [0.3, 0.4) is 0 Å². The zero-order valence-corrected chi connectivity index (χ0v) is 18.1. The zero-order chi connectivity index (χ0) is 19.9. The summed E-state index contributed by atoms with van der Waals surface area (Å²) in [6, 6.07) is 0.131. The van der Waals surface area contributed by atoms with Crippen molar-refractivity contribution in [2.45, 2.75) is 83.4 Å². The van der Waals surface area contributed by atoms with Gasteiger partial charge in [0.05, 0.1) is 17.5 Å². The van der Waals surface area contributed by atoms with Crippen LogP contribution in [0.5, 0.6) is 0 Å². The fourth-order valence-corrected chi connectivity index (χ4v) is 5.45. The van der Waals surface area contributed by atoms with Crippen LogP contribution in [-0.4, -0.2) is 58.9 Å². The van der Waals surface area contributed by atoms with Gasteiger partial charge in [-0.25, -0.2) is 4.79 Å². The van der Waals surface area contributed by atoms with Gasteiger partial charge in [-0.15, -0.1) is 0 Å². The smallest absolute Gasteiger partial charge is 0.348 e. The van der Waals surface area contributed by atoms with Gasteiger partial charge < -0.3 is 4.74 Å².